The maximum absolute atomic E-state index is 12.7. The average Bonchev–Trinajstić information content (AvgIpc) is 2.62. The number of nitrogens with zero attached hydrogens (tertiary/aromatic N) is 2. The molecule has 1 amide bonds. The summed E-state index contributed by atoms with van der Waals surface area (Å²) >= 11 is 0. The van der Waals surface area contributed by atoms with Crippen LogP contribution in [-0.2, 0) is 0 Å². The number of piperidine rings is 1. The summed E-state index contributed by atoms with van der Waals surface area (Å²) in [6, 6.07) is 13.9. The van der Waals surface area contributed by atoms with Crippen molar-refractivity contribution in [1.29, 1.82) is 0 Å². The molecule has 23 heavy (non-hydrogen) atoms. The van der Waals surface area contributed by atoms with E-state index in [1.807, 2.05) is 54.3 Å². The Morgan fingerprint density at radius 1 is 1.17 bits per heavy atom. The van der Waals surface area contributed by atoms with Crippen molar-refractivity contribution in [3.63, 3.8) is 0 Å². The van der Waals surface area contributed by atoms with Crippen LogP contribution in [0.15, 0.2) is 42.5 Å². The quantitative estimate of drug-likeness (QED) is 0.948. The summed E-state index contributed by atoms with van der Waals surface area (Å²) in [6.07, 6.45) is 1.99. The highest BCUT2D eigenvalue weighted by Crippen LogP contribution is 2.22. The highest BCUT2D eigenvalue weighted by Gasteiger charge is 2.24. The van der Waals surface area contributed by atoms with Crippen LogP contribution in [0.3, 0.4) is 0 Å². The number of hydrogen-bond donors (Lipinski definition) is 1. The molecule has 1 fully saturated rings. The first-order chi connectivity index (χ1) is 11.2. The van der Waals surface area contributed by atoms with Crippen molar-refractivity contribution in [1.82, 2.24) is 9.88 Å². The molecule has 3 rings (SSSR count). The first-order valence-corrected chi connectivity index (χ1v) is 8.21. The Hall–Kier alpha value is -2.20. The highest BCUT2D eigenvalue weighted by molar-refractivity contribution is 5.95. The molecule has 1 aliphatic heterocycles. The number of aryl methyl sites for hydroxylation is 1. The van der Waals surface area contributed by atoms with Gasteiger partial charge in [0.25, 0.3) is 5.91 Å². The van der Waals surface area contributed by atoms with Crippen LogP contribution in [0.1, 0.15) is 28.9 Å². The van der Waals surface area contributed by atoms with E-state index in [4.69, 9.17) is 5.73 Å². The number of amides is 1. The third kappa shape index (κ3) is 3.42. The van der Waals surface area contributed by atoms with Crippen LogP contribution in [-0.4, -0.2) is 35.4 Å². The lowest BCUT2D eigenvalue weighted by Crippen LogP contribution is -2.40. The summed E-state index contributed by atoms with van der Waals surface area (Å²) in [7, 11) is 0. The number of likely N-dealkylation sites (tertiary alicyclic amines) is 1. The number of pyridine rings is 1. The Balaban J connectivity index is 1.77. The summed E-state index contributed by atoms with van der Waals surface area (Å²) in [6.45, 7) is 4.21. The van der Waals surface area contributed by atoms with E-state index >= 15 is 0 Å². The number of benzene rings is 1. The minimum absolute atomic E-state index is 0.0880. The molecule has 0 aliphatic carbocycles. The molecule has 1 aliphatic rings. The predicted octanol–water partition coefficient (Wildman–Crippen LogP) is 2.87. The van der Waals surface area contributed by atoms with E-state index in [0.717, 1.165) is 42.9 Å². The molecule has 0 unspecified atom stereocenters. The van der Waals surface area contributed by atoms with Gasteiger partial charge < -0.3 is 10.6 Å². The SMILES string of the molecule is Cc1nc(-c2ccccc2)ccc1C(=O)N1CCC(CN)CC1. The van der Waals surface area contributed by atoms with Gasteiger partial charge in [0.2, 0.25) is 0 Å². The number of nitrogens with two attached hydrogens (primary N) is 1. The topological polar surface area (TPSA) is 59.2 Å². The molecule has 0 radical (unpaired) electrons. The minimum Gasteiger partial charge on any atom is -0.339 e. The van der Waals surface area contributed by atoms with Crippen LogP contribution < -0.4 is 5.73 Å². The molecule has 4 heteroatoms. The molecular formula is C19H23N3O. The van der Waals surface area contributed by atoms with Crippen molar-refractivity contribution in [3.8, 4) is 11.3 Å². The van der Waals surface area contributed by atoms with Crippen molar-refractivity contribution >= 4 is 5.91 Å². The summed E-state index contributed by atoms with van der Waals surface area (Å²) in [5.41, 5.74) is 9.18. The second-order valence-corrected chi connectivity index (χ2v) is 6.17. The van der Waals surface area contributed by atoms with Gasteiger partial charge in [-0.1, -0.05) is 30.3 Å². The molecule has 1 saturated heterocycles. The van der Waals surface area contributed by atoms with Crippen molar-refractivity contribution in [3.05, 3.63) is 53.7 Å². The molecule has 2 aromatic rings. The maximum Gasteiger partial charge on any atom is 0.255 e. The predicted molar refractivity (Wildman–Crippen MR) is 92.1 cm³/mol. The van der Waals surface area contributed by atoms with E-state index in [0.29, 0.717) is 18.0 Å². The molecule has 2 N–H and O–H groups in total. The molecule has 4 nitrogen and oxygen atoms in total. The Morgan fingerprint density at radius 2 is 1.87 bits per heavy atom. The maximum atomic E-state index is 12.7. The van der Waals surface area contributed by atoms with Gasteiger partial charge in [-0.25, -0.2) is 0 Å². The number of aromatic nitrogens is 1. The van der Waals surface area contributed by atoms with Gasteiger partial charge in [-0.2, -0.15) is 0 Å². The fourth-order valence-corrected chi connectivity index (χ4v) is 3.10. The Kier molecular flexibility index (Phi) is 4.72. The lowest BCUT2D eigenvalue weighted by Gasteiger charge is -2.31. The van der Waals surface area contributed by atoms with E-state index in [2.05, 4.69) is 4.98 Å². The zero-order valence-electron chi connectivity index (χ0n) is 13.5. The molecule has 1 aromatic carbocycles. The molecule has 0 bridgehead atoms. The average molecular weight is 309 g/mol. The number of carbonyl (C=O) groups is 1. The second-order valence-electron chi connectivity index (χ2n) is 6.17. The lowest BCUT2D eigenvalue weighted by molar-refractivity contribution is 0.0692. The van der Waals surface area contributed by atoms with Crippen LogP contribution in [0.2, 0.25) is 0 Å². The van der Waals surface area contributed by atoms with Crippen LogP contribution >= 0.6 is 0 Å². The fourth-order valence-electron chi connectivity index (χ4n) is 3.10. The van der Waals surface area contributed by atoms with E-state index < -0.39 is 0 Å². The van der Waals surface area contributed by atoms with Gasteiger partial charge in [-0.15, -0.1) is 0 Å². The third-order valence-electron chi connectivity index (χ3n) is 4.62. The summed E-state index contributed by atoms with van der Waals surface area (Å²) in [5.74, 6) is 0.642. The first kappa shape index (κ1) is 15.7. The molecule has 0 spiro atoms. The van der Waals surface area contributed by atoms with Gasteiger partial charge in [-0.05, 0) is 44.4 Å². The van der Waals surface area contributed by atoms with Crippen LogP contribution in [0.4, 0.5) is 0 Å². The van der Waals surface area contributed by atoms with Gasteiger partial charge >= 0.3 is 0 Å². The van der Waals surface area contributed by atoms with Crippen molar-refractivity contribution in [2.45, 2.75) is 19.8 Å². The van der Waals surface area contributed by atoms with Crippen LogP contribution in [0.25, 0.3) is 11.3 Å². The van der Waals surface area contributed by atoms with Crippen LogP contribution in [0.5, 0.6) is 0 Å². The first-order valence-electron chi connectivity index (χ1n) is 8.21. The Morgan fingerprint density at radius 3 is 2.48 bits per heavy atom. The Labute approximate surface area is 137 Å². The van der Waals surface area contributed by atoms with E-state index in [1.165, 1.54) is 0 Å². The zero-order valence-corrected chi connectivity index (χ0v) is 13.5. The normalized spacial score (nSPS) is 15.7. The van der Waals surface area contributed by atoms with Crippen molar-refractivity contribution in [2.75, 3.05) is 19.6 Å². The van der Waals surface area contributed by atoms with E-state index in [9.17, 15) is 4.79 Å². The van der Waals surface area contributed by atoms with Crippen LogP contribution in [0, 0.1) is 12.8 Å². The van der Waals surface area contributed by atoms with Gasteiger partial charge in [0.1, 0.15) is 0 Å². The molecule has 0 saturated carbocycles. The smallest absolute Gasteiger partial charge is 0.255 e. The molecule has 120 valence electrons. The third-order valence-corrected chi connectivity index (χ3v) is 4.62. The van der Waals surface area contributed by atoms with Gasteiger partial charge in [0.15, 0.2) is 0 Å². The number of rotatable bonds is 3. The standard InChI is InChI=1S/C19H23N3O/c1-14-17(19(23)22-11-9-15(13-20)10-12-22)7-8-18(21-14)16-5-3-2-4-6-16/h2-8,15H,9-13,20H2,1H3. The zero-order chi connectivity index (χ0) is 16.2. The van der Waals surface area contributed by atoms with E-state index in [-0.39, 0.29) is 5.91 Å². The van der Waals surface area contributed by atoms with Gasteiger partial charge in [0, 0.05) is 18.7 Å². The molecule has 2 heterocycles. The lowest BCUT2D eigenvalue weighted by atomic mass is 9.96. The summed E-state index contributed by atoms with van der Waals surface area (Å²) < 4.78 is 0. The summed E-state index contributed by atoms with van der Waals surface area (Å²) in [4.78, 5) is 19.3. The monoisotopic (exact) mass is 309 g/mol. The molecule has 0 atom stereocenters. The van der Waals surface area contributed by atoms with Gasteiger partial charge in [0.05, 0.1) is 17.0 Å². The molecule has 1 aromatic heterocycles. The van der Waals surface area contributed by atoms with Crippen molar-refractivity contribution < 1.29 is 4.79 Å². The Bertz CT molecular complexity index is 676. The summed E-state index contributed by atoms with van der Waals surface area (Å²) in [5, 5.41) is 0. The number of carbonyl (C=O) groups excluding carboxylic acids is 1. The molecular weight excluding hydrogens is 286 g/mol. The number of hydrogen-bond acceptors (Lipinski definition) is 3. The van der Waals surface area contributed by atoms with Crippen molar-refractivity contribution in [2.24, 2.45) is 11.7 Å². The van der Waals surface area contributed by atoms with Gasteiger partial charge in [-0.3, -0.25) is 9.78 Å². The largest absolute Gasteiger partial charge is 0.339 e. The minimum atomic E-state index is 0.0880. The fraction of sp³-hybridized carbons (Fsp3) is 0.368. The van der Waals surface area contributed by atoms with E-state index in [1.54, 1.807) is 0 Å². The highest BCUT2D eigenvalue weighted by atomic mass is 16.2. The second kappa shape index (κ2) is 6.92.